The molecule has 1 aliphatic rings. The molecule has 4 nitrogen and oxygen atoms in total. The van der Waals surface area contributed by atoms with Gasteiger partial charge in [0.1, 0.15) is 17.3 Å². The molecule has 0 radical (unpaired) electrons. The quantitative estimate of drug-likeness (QED) is 0.525. The van der Waals surface area contributed by atoms with Crippen molar-refractivity contribution < 1.29 is 9.47 Å². The van der Waals surface area contributed by atoms with Crippen LogP contribution in [0.3, 0.4) is 0 Å². The van der Waals surface area contributed by atoms with Crippen LogP contribution < -0.4 is 14.8 Å². The first-order valence-corrected chi connectivity index (χ1v) is 9.92. The van der Waals surface area contributed by atoms with Gasteiger partial charge in [0.2, 0.25) is 0 Å². The standard InChI is InChI=1S/C24H26N2O2.ClH/c1-3-4-13-28-23-16-19-6-5-18(17-7-9-21(27-2)10-8-17)14-20(19)15-22(23)24-25-11-12-26-24;/h5-10,14-16H,3-4,11-13H2,1-2H3,(H,25,26);1H. The Hall–Kier alpha value is -2.72. The zero-order chi connectivity index (χ0) is 19.3. The third kappa shape index (κ3) is 4.65. The summed E-state index contributed by atoms with van der Waals surface area (Å²) in [5.41, 5.74) is 3.40. The van der Waals surface area contributed by atoms with Crippen molar-refractivity contribution in [2.24, 2.45) is 4.99 Å². The summed E-state index contributed by atoms with van der Waals surface area (Å²) in [5.74, 6) is 2.71. The van der Waals surface area contributed by atoms with Crippen LogP contribution in [0.5, 0.6) is 11.5 Å². The lowest BCUT2D eigenvalue weighted by Crippen LogP contribution is -2.20. The van der Waals surface area contributed by atoms with Crippen molar-refractivity contribution in [2.75, 3.05) is 26.8 Å². The monoisotopic (exact) mass is 410 g/mol. The van der Waals surface area contributed by atoms with Crippen LogP contribution in [0.1, 0.15) is 25.3 Å². The number of ether oxygens (including phenoxy) is 2. The smallest absolute Gasteiger partial charge is 0.132 e. The number of rotatable bonds is 7. The number of fused-ring (bicyclic) bond motifs is 1. The van der Waals surface area contributed by atoms with Crippen molar-refractivity contribution in [1.29, 1.82) is 0 Å². The molecular weight excluding hydrogens is 384 g/mol. The van der Waals surface area contributed by atoms with Crippen LogP contribution in [0.4, 0.5) is 0 Å². The van der Waals surface area contributed by atoms with Gasteiger partial charge in [-0.15, -0.1) is 12.4 Å². The fraction of sp³-hybridized carbons (Fsp3) is 0.292. The summed E-state index contributed by atoms with van der Waals surface area (Å²) in [4.78, 5) is 4.61. The van der Waals surface area contributed by atoms with Gasteiger partial charge in [0.25, 0.3) is 0 Å². The highest BCUT2D eigenvalue weighted by Gasteiger charge is 2.15. The topological polar surface area (TPSA) is 42.9 Å². The summed E-state index contributed by atoms with van der Waals surface area (Å²) >= 11 is 0. The number of halogens is 1. The van der Waals surface area contributed by atoms with Gasteiger partial charge in [-0.25, -0.2) is 0 Å². The van der Waals surface area contributed by atoms with Gasteiger partial charge in [-0.1, -0.05) is 37.6 Å². The van der Waals surface area contributed by atoms with Gasteiger partial charge < -0.3 is 14.8 Å². The van der Waals surface area contributed by atoms with Crippen LogP contribution in [-0.4, -0.2) is 32.6 Å². The first kappa shape index (κ1) is 21.0. The second-order valence-corrected chi connectivity index (χ2v) is 7.00. The average Bonchev–Trinajstić information content (AvgIpc) is 3.28. The molecule has 3 aromatic rings. The van der Waals surface area contributed by atoms with Gasteiger partial charge >= 0.3 is 0 Å². The SMILES string of the molecule is CCCCOc1cc2ccc(-c3ccc(OC)cc3)cc2cc1C1=NCCN1.Cl. The van der Waals surface area contributed by atoms with E-state index < -0.39 is 0 Å². The van der Waals surface area contributed by atoms with Crippen molar-refractivity contribution in [2.45, 2.75) is 19.8 Å². The van der Waals surface area contributed by atoms with Crippen LogP contribution in [0, 0.1) is 0 Å². The maximum absolute atomic E-state index is 6.10. The van der Waals surface area contributed by atoms with Gasteiger partial charge in [0, 0.05) is 6.54 Å². The third-order valence-corrected chi connectivity index (χ3v) is 5.05. The van der Waals surface area contributed by atoms with E-state index in [1.807, 2.05) is 12.1 Å². The van der Waals surface area contributed by atoms with E-state index in [1.165, 1.54) is 21.9 Å². The molecule has 0 bridgehead atoms. The maximum Gasteiger partial charge on any atom is 0.132 e. The minimum Gasteiger partial charge on any atom is -0.497 e. The summed E-state index contributed by atoms with van der Waals surface area (Å²) in [6.45, 7) is 4.60. The fourth-order valence-corrected chi connectivity index (χ4v) is 3.45. The largest absolute Gasteiger partial charge is 0.497 e. The summed E-state index contributed by atoms with van der Waals surface area (Å²) in [7, 11) is 1.69. The zero-order valence-corrected chi connectivity index (χ0v) is 17.7. The van der Waals surface area contributed by atoms with Gasteiger partial charge in [-0.2, -0.15) is 0 Å². The first-order chi connectivity index (χ1) is 13.8. The number of hydrogen-bond acceptors (Lipinski definition) is 4. The second kappa shape index (κ2) is 9.66. The highest BCUT2D eigenvalue weighted by atomic mass is 35.5. The molecule has 1 N–H and O–H groups in total. The number of hydrogen-bond donors (Lipinski definition) is 1. The Morgan fingerprint density at radius 1 is 0.966 bits per heavy atom. The summed E-state index contributed by atoms with van der Waals surface area (Å²) in [6.07, 6.45) is 2.17. The van der Waals surface area contributed by atoms with Gasteiger partial charge in [0.05, 0.1) is 25.8 Å². The van der Waals surface area contributed by atoms with Crippen LogP contribution >= 0.6 is 12.4 Å². The number of nitrogens with one attached hydrogen (secondary N) is 1. The molecular formula is C24H27ClN2O2. The number of benzene rings is 3. The van der Waals surface area contributed by atoms with Gasteiger partial charge in [-0.3, -0.25) is 4.99 Å². The minimum atomic E-state index is 0. The highest BCUT2D eigenvalue weighted by Crippen LogP contribution is 2.31. The molecule has 4 rings (SSSR count). The minimum absolute atomic E-state index is 0. The van der Waals surface area contributed by atoms with E-state index in [9.17, 15) is 0 Å². The lowest BCUT2D eigenvalue weighted by molar-refractivity contribution is 0.309. The van der Waals surface area contributed by atoms with Crippen LogP contribution in [0.25, 0.3) is 21.9 Å². The van der Waals surface area contributed by atoms with Crippen molar-refractivity contribution in [3.8, 4) is 22.6 Å². The molecule has 0 saturated heterocycles. The molecule has 1 aliphatic heterocycles. The lowest BCUT2D eigenvalue weighted by atomic mass is 9.99. The molecule has 0 unspecified atom stereocenters. The van der Waals surface area contributed by atoms with E-state index in [-0.39, 0.29) is 12.4 Å². The van der Waals surface area contributed by atoms with E-state index in [0.29, 0.717) is 0 Å². The lowest BCUT2D eigenvalue weighted by Gasteiger charge is -2.14. The number of methoxy groups -OCH3 is 1. The first-order valence-electron chi connectivity index (χ1n) is 9.92. The van der Waals surface area contributed by atoms with Crippen molar-refractivity contribution >= 4 is 29.0 Å². The van der Waals surface area contributed by atoms with E-state index in [0.717, 1.165) is 55.4 Å². The number of amidine groups is 1. The molecule has 3 aromatic carbocycles. The van der Waals surface area contributed by atoms with Crippen molar-refractivity contribution in [3.05, 3.63) is 60.2 Å². The van der Waals surface area contributed by atoms with E-state index >= 15 is 0 Å². The molecule has 5 heteroatoms. The molecule has 0 saturated carbocycles. The molecule has 29 heavy (non-hydrogen) atoms. The van der Waals surface area contributed by atoms with Crippen molar-refractivity contribution in [3.63, 3.8) is 0 Å². The third-order valence-electron chi connectivity index (χ3n) is 5.05. The normalized spacial score (nSPS) is 12.8. The zero-order valence-electron chi connectivity index (χ0n) is 16.9. The Morgan fingerprint density at radius 2 is 1.76 bits per heavy atom. The number of aliphatic imine (C=N–C) groups is 1. The second-order valence-electron chi connectivity index (χ2n) is 7.00. The van der Waals surface area contributed by atoms with Crippen molar-refractivity contribution in [1.82, 2.24) is 5.32 Å². The summed E-state index contributed by atoms with van der Waals surface area (Å²) in [5, 5.41) is 5.74. The fourth-order valence-electron chi connectivity index (χ4n) is 3.45. The maximum atomic E-state index is 6.10. The van der Waals surface area contributed by atoms with E-state index in [4.69, 9.17) is 9.47 Å². The molecule has 0 spiro atoms. The number of unbranched alkanes of at least 4 members (excludes halogenated alkanes) is 1. The molecule has 0 aliphatic carbocycles. The average molecular weight is 411 g/mol. The van der Waals surface area contributed by atoms with Gasteiger partial charge in [0.15, 0.2) is 0 Å². The van der Waals surface area contributed by atoms with Gasteiger partial charge in [-0.05, 0) is 58.7 Å². The van der Waals surface area contributed by atoms with E-state index in [1.54, 1.807) is 7.11 Å². The summed E-state index contributed by atoms with van der Waals surface area (Å²) < 4.78 is 11.4. The highest BCUT2D eigenvalue weighted by molar-refractivity contribution is 6.06. The van der Waals surface area contributed by atoms with Crippen LogP contribution in [0.2, 0.25) is 0 Å². The summed E-state index contributed by atoms with van der Waals surface area (Å²) in [6, 6.07) is 19.0. The Balaban J connectivity index is 0.00000240. The molecule has 152 valence electrons. The molecule has 0 amide bonds. The number of nitrogens with zero attached hydrogens (tertiary/aromatic N) is 1. The Labute approximate surface area is 178 Å². The Morgan fingerprint density at radius 3 is 2.45 bits per heavy atom. The molecule has 0 aromatic heterocycles. The molecule has 0 fully saturated rings. The molecule has 0 atom stereocenters. The predicted octanol–water partition coefficient (Wildman–Crippen LogP) is 5.47. The van der Waals surface area contributed by atoms with Crippen LogP contribution in [-0.2, 0) is 0 Å². The van der Waals surface area contributed by atoms with E-state index in [2.05, 4.69) is 59.7 Å². The predicted molar refractivity (Wildman–Crippen MR) is 123 cm³/mol. The van der Waals surface area contributed by atoms with Crippen LogP contribution in [0.15, 0.2) is 59.6 Å². The Kier molecular flexibility index (Phi) is 6.99. The Bertz CT molecular complexity index is 1000. The molecule has 1 heterocycles.